The quantitative estimate of drug-likeness (QED) is 0.888. The molecule has 18 heavy (non-hydrogen) atoms. The zero-order valence-corrected chi connectivity index (χ0v) is 10.8. The molecule has 1 aromatic carbocycles. The summed E-state index contributed by atoms with van der Waals surface area (Å²) < 4.78 is 0. The highest BCUT2D eigenvalue weighted by Crippen LogP contribution is 2.39. The smallest absolute Gasteiger partial charge is 0.120 e. The van der Waals surface area contributed by atoms with Gasteiger partial charge in [0.25, 0.3) is 0 Å². The second-order valence-corrected chi connectivity index (χ2v) is 5.21. The van der Waals surface area contributed by atoms with Crippen molar-refractivity contribution in [3.05, 3.63) is 53.1 Å². The van der Waals surface area contributed by atoms with Crippen LogP contribution in [0.4, 0.5) is 0 Å². The Kier molecular flexibility index (Phi) is 3.35. The highest BCUT2D eigenvalue weighted by Gasteiger charge is 2.30. The molecule has 0 saturated heterocycles. The van der Waals surface area contributed by atoms with Crippen LogP contribution in [-0.4, -0.2) is 16.0 Å². The Balaban J connectivity index is 1.50. The number of aromatic amines is 1. The Morgan fingerprint density at radius 3 is 2.89 bits per heavy atom. The number of rotatable bonds is 4. The summed E-state index contributed by atoms with van der Waals surface area (Å²) in [5, 5.41) is 4.40. The third-order valence-corrected chi connectivity index (χ3v) is 3.94. The molecule has 1 aliphatic rings. The molecule has 0 atom stereocenters. The molecule has 1 aliphatic carbocycles. The standard InChI is InChI=1S/C14H16ClN3/c15-13-4-2-1-3-12(13)10-7-11(8-10)18-9-14-16-5-6-17-14/h1-6,10-11,18H,7-9H2,(H,16,17). The molecule has 1 aromatic heterocycles. The highest BCUT2D eigenvalue weighted by atomic mass is 35.5. The van der Waals surface area contributed by atoms with Crippen LogP contribution in [0.15, 0.2) is 36.7 Å². The van der Waals surface area contributed by atoms with Crippen LogP contribution in [0.25, 0.3) is 0 Å². The van der Waals surface area contributed by atoms with Gasteiger partial charge in [-0.2, -0.15) is 0 Å². The molecule has 0 aliphatic heterocycles. The topological polar surface area (TPSA) is 40.7 Å². The van der Waals surface area contributed by atoms with E-state index in [1.807, 2.05) is 18.3 Å². The summed E-state index contributed by atoms with van der Waals surface area (Å²) >= 11 is 6.20. The molecule has 0 radical (unpaired) electrons. The first-order valence-corrected chi connectivity index (χ1v) is 6.67. The average Bonchev–Trinajstić information content (AvgIpc) is 2.82. The minimum absolute atomic E-state index is 0.580. The lowest BCUT2D eigenvalue weighted by atomic mass is 9.76. The summed E-state index contributed by atoms with van der Waals surface area (Å²) in [6, 6.07) is 8.73. The molecule has 1 fully saturated rings. The molecule has 94 valence electrons. The van der Waals surface area contributed by atoms with E-state index in [-0.39, 0.29) is 0 Å². The maximum atomic E-state index is 6.20. The fourth-order valence-electron chi connectivity index (χ4n) is 2.48. The van der Waals surface area contributed by atoms with Crippen LogP contribution in [0.1, 0.15) is 30.1 Å². The number of aromatic nitrogens is 2. The van der Waals surface area contributed by atoms with Gasteiger partial charge in [-0.15, -0.1) is 0 Å². The average molecular weight is 262 g/mol. The Hall–Kier alpha value is -1.32. The number of H-pyrrole nitrogens is 1. The van der Waals surface area contributed by atoms with Crippen LogP contribution in [0.3, 0.4) is 0 Å². The molecule has 2 aromatic rings. The van der Waals surface area contributed by atoms with Gasteiger partial charge in [0.1, 0.15) is 5.82 Å². The number of hydrogen-bond donors (Lipinski definition) is 2. The Labute approximate surface area is 112 Å². The van der Waals surface area contributed by atoms with Crippen molar-refractivity contribution in [1.29, 1.82) is 0 Å². The lowest BCUT2D eigenvalue weighted by Crippen LogP contribution is -2.39. The molecule has 0 amide bonds. The highest BCUT2D eigenvalue weighted by molar-refractivity contribution is 6.31. The Morgan fingerprint density at radius 1 is 1.33 bits per heavy atom. The van der Waals surface area contributed by atoms with Gasteiger partial charge in [-0.25, -0.2) is 4.98 Å². The predicted octanol–water partition coefficient (Wildman–Crippen LogP) is 3.10. The minimum Gasteiger partial charge on any atom is -0.348 e. The van der Waals surface area contributed by atoms with E-state index in [9.17, 15) is 0 Å². The van der Waals surface area contributed by atoms with Crippen LogP contribution in [0, 0.1) is 0 Å². The largest absolute Gasteiger partial charge is 0.348 e. The zero-order valence-electron chi connectivity index (χ0n) is 10.1. The Morgan fingerprint density at radius 2 is 2.17 bits per heavy atom. The fraction of sp³-hybridized carbons (Fsp3) is 0.357. The summed E-state index contributed by atoms with van der Waals surface area (Å²) in [5.74, 6) is 1.60. The SMILES string of the molecule is Clc1ccccc1C1CC(NCc2ncc[nH]2)C1. The molecule has 1 saturated carbocycles. The van der Waals surface area contributed by atoms with Crippen molar-refractivity contribution in [2.75, 3.05) is 0 Å². The lowest BCUT2D eigenvalue weighted by molar-refractivity contribution is 0.288. The number of halogens is 1. The summed E-state index contributed by atoms with van der Waals surface area (Å²) in [6.45, 7) is 0.812. The molecular formula is C14H16ClN3. The van der Waals surface area contributed by atoms with Gasteiger partial charge in [0.2, 0.25) is 0 Å². The second kappa shape index (κ2) is 5.12. The van der Waals surface area contributed by atoms with E-state index < -0.39 is 0 Å². The number of nitrogens with zero attached hydrogens (tertiary/aromatic N) is 1. The van der Waals surface area contributed by atoms with Crippen molar-refractivity contribution in [3.8, 4) is 0 Å². The van der Waals surface area contributed by atoms with Crippen molar-refractivity contribution in [2.45, 2.75) is 31.3 Å². The van der Waals surface area contributed by atoms with Crippen molar-refractivity contribution < 1.29 is 0 Å². The van der Waals surface area contributed by atoms with Crippen molar-refractivity contribution in [3.63, 3.8) is 0 Å². The number of hydrogen-bond acceptors (Lipinski definition) is 2. The third kappa shape index (κ3) is 2.42. The predicted molar refractivity (Wildman–Crippen MR) is 72.6 cm³/mol. The lowest BCUT2D eigenvalue weighted by Gasteiger charge is -2.36. The first kappa shape index (κ1) is 11.8. The van der Waals surface area contributed by atoms with Crippen molar-refractivity contribution in [1.82, 2.24) is 15.3 Å². The number of benzene rings is 1. The fourth-order valence-corrected chi connectivity index (χ4v) is 2.77. The van der Waals surface area contributed by atoms with E-state index in [2.05, 4.69) is 27.4 Å². The van der Waals surface area contributed by atoms with Gasteiger partial charge in [0.05, 0.1) is 6.54 Å². The van der Waals surface area contributed by atoms with Crippen molar-refractivity contribution >= 4 is 11.6 Å². The second-order valence-electron chi connectivity index (χ2n) is 4.80. The maximum absolute atomic E-state index is 6.20. The molecular weight excluding hydrogens is 246 g/mol. The van der Waals surface area contributed by atoms with Gasteiger partial charge in [0, 0.05) is 23.5 Å². The van der Waals surface area contributed by atoms with E-state index in [0.717, 1.165) is 30.2 Å². The van der Waals surface area contributed by atoms with Gasteiger partial charge in [-0.3, -0.25) is 0 Å². The molecule has 4 heteroatoms. The van der Waals surface area contributed by atoms with Crippen LogP contribution in [-0.2, 0) is 6.54 Å². The molecule has 0 unspecified atom stereocenters. The molecule has 1 heterocycles. The molecule has 0 spiro atoms. The van der Waals surface area contributed by atoms with E-state index in [1.54, 1.807) is 6.20 Å². The molecule has 3 nitrogen and oxygen atoms in total. The summed E-state index contributed by atoms with van der Waals surface area (Å²) in [5.41, 5.74) is 1.29. The van der Waals surface area contributed by atoms with Gasteiger partial charge in [-0.05, 0) is 30.4 Å². The van der Waals surface area contributed by atoms with E-state index in [1.165, 1.54) is 5.56 Å². The minimum atomic E-state index is 0.580. The normalized spacial score (nSPS) is 22.7. The van der Waals surface area contributed by atoms with Gasteiger partial charge >= 0.3 is 0 Å². The first-order valence-electron chi connectivity index (χ1n) is 6.29. The van der Waals surface area contributed by atoms with Crippen LogP contribution in [0.2, 0.25) is 5.02 Å². The van der Waals surface area contributed by atoms with Crippen molar-refractivity contribution in [2.24, 2.45) is 0 Å². The summed E-state index contributed by atoms with van der Waals surface area (Å²) in [7, 11) is 0. The maximum Gasteiger partial charge on any atom is 0.120 e. The van der Waals surface area contributed by atoms with Crippen LogP contribution >= 0.6 is 11.6 Å². The molecule has 2 N–H and O–H groups in total. The third-order valence-electron chi connectivity index (χ3n) is 3.60. The first-order chi connectivity index (χ1) is 8.83. The number of nitrogens with one attached hydrogen (secondary N) is 2. The zero-order chi connectivity index (χ0) is 12.4. The summed E-state index contributed by atoms with van der Waals surface area (Å²) in [4.78, 5) is 7.30. The monoisotopic (exact) mass is 261 g/mol. The van der Waals surface area contributed by atoms with Crippen LogP contribution < -0.4 is 5.32 Å². The van der Waals surface area contributed by atoms with Gasteiger partial charge in [-0.1, -0.05) is 29.8 Å². The van der Waals surface area contributed by atoms with E-state index in [4.69, 9.17) is 11.6 Å². The van der Waals surface area contributed by atoms with Crippen LogP contribution in [0.5, 0.6) is 0 Å². The van der Waals surface area contributed by atoms with Gasteiger partial charge < -0.3 is 10.3 Å². The van der Waals surface area contributed by atoms with E-state index >= 15 is 0 Å². The number of imidazole rings is 1. The molecule has 0 bridgehead atoms. The van der Waals surface area contributed by atoms with E-state index in [0.29, 0.717) is 12.0 Å². The summed E-state index contributed by atoms with van der Waals surface area (Å²) in [6.07, 6.45) is 5.95. The molecule has 3 rings (SSSR count). The van der Waals surface area contributed by atoms with Gasteiger partial charge in [0.15, 0.2) is 0 Å². The Bertz CT molecular complexity index is 504.